The van der Waals surface area contributed by atoms with Crippen LogP contribution in [0.1, 0.15) is 12.5 Å². The molecule has 0 aliphatic carbocycles. The summed E-state index contributed by atoms with van der Waals surface area (Å²) in [5.41, 5.74) is 1.17. The van der Waals surface area contributed by atoms with Crippen molar-refractivity contribution in [2.24, 2.45) is 4.99 Å². The lowest BCUT2D eigenvalue weighted by Gasteiger charge is -1.91. The van der Waals surface area contributed by atoms with E-state index in [-0.39, 0.29) is 0 Å². The average Bonchev–Trinajstić information content (AvgIpc) is 2.04. The Bertz CT molecular complexity index is 238. The van der Waals surface area contributed by atoms with Gasteiger partial charge in [-0.15, -0.1) is 0 Å². The Hall–Kier alpha value is -0.380. The van der Waals surface area contributed by atoms with E-state index in [9.17, 15) is 0 Å². The number of hydrogen-bond donors (Lipinski definition) is 0. The SMILES string of the molecule is CC/N=C/c1ccc(I)cc1. The van der Waals surface area contributed by atoms with Crippen molar-refractivity contribution in [1.82, 2.24) is 0 Å². The fourth-order valence-corrected chi connectivity index (χ4v) is 1.11. The van der Waals surface area contributed by atoms with Crippen LogP contribution in [-0.4, -0.2) is 12.8 Å². The Morgan fingerprint density at radius 2 is 2.00 bits per heavy atom. The van der Waals surface area contributed by atoms with Gasteiger partial charge in [-0.1, -0.05) is 12.1 Å². The van der Waals surface area contributed by atoms with Crippen molar-refractivity contribution in [3.8, 4) is 0 Å². The summed E-state index contributed by atoms with van der Waals surface area (Å²) in [5.74, 6) is 0. The number of nitrogens with zero attached hydrogens (tertiary/aromatic N) is 1. The summed E-state index contributed by atoms with van der Waals surface area (Å²) in [6.07, 6.45) is 1.90. The summed E-state index contributed by atoms with van der Waals surface area (Å²) >= 11 is 2.29. The molecule has 0 unspecified atom stereocenters. The van der Waals surface area contributed by atoms with E-state index in [4.69, 9.17) is 0 Å². The fraction of sp³-hybridized carbons (Fsp3) is 0.222. The Kier molecular flexibility index (Phi) is 3.56. The first-order valence-electron chi connectivity index (χ1n) is 3.58. The lowest BCUT2D eigenvalue weighted by molar-refractivity contribution is 1.14. The molecule has 0 N–H and O–H groups in total. The van der Waals surface area contributed by atoms with Gasteiger partial charge in [0, 0.05) is 16.3 Å². The molecular weight excluding hydrogens is 249 g/mol. The molecule has 0 fully saturated rings. The number of rotatable bonds is 2. The van der Waals surface area contributed by atoms with Crippen LogP contribution in [0.4, 0.5) is 0 Å². The summed E-state index contributed by atoms with van der Waals surface area (Å²) in [7, 11) is 0. The highest BCUT2D eigenvalue weighted by Gasteiger charge is 1.85. The number of hydrogen-bond acceptors (Lipinski definition) is 1. The van der Waals surface area contributed by atoms with Crippen molar-refractivity contribution in [3.63, 3.8) is 0 Å². The number of benzene rings is 1. The molecule has 1 rings (SSSR count). The van der Waals surface area contributed by atoms with Crippen LogP contribution in [0.25, 0.3) is 0 Å². The third kappa shape index (κ3) is 3.01. The normalized spacial score (nSPS) is 10.7. The lowest BCUT2D eigenvalue weighted by Crippen LogP contribution is -1.81. The zero-order chi connectivity index (χ0) is 8.10. The second kappa shape index (κ2) is 4.49. The van der Waals surface area contributed by atoms with Crippen molar-refractivity contribution in [1.29, 1.82) is 0 Å². The minimum atomic E-state index is 0.853. The first-order valence-corrected chi connectivity index (χ1v) is 4.66. The third-order valence-electron chi connectivity index (χ3n) is 1.29. The second-order valence-electron chi connectivity index (χ2n) is 2.18. The summed E-state index contributed by atoms with van der Waals surface area (Å²) in [6.45, 7) is 2.88. The van der Waals surface area contributed by atoms with Crippen LogP contribution in [0.2, 0.25) is 0 Å². The first kappa shape index (κ1) is 8.71. The van der Waals surface area contributed by atoms with E-state index >= 15 is 0 Å². The molecule has 0 amide bonds. The van der Waals surface area contributed by atoms with Gasteiger partial charge in [-0.25, -0.2) is 0 Å². The van der Waals surface area contributed by atoms with Crippen LogP contribution in [0.3, 0.4) is 0 Å². The van der Waals surface area contributed by atoms with Crippen molar-refractivity contribution < 1.29 is 0 Å². The highest BCUT2D eigenvalue weighted by molar-refractivity contribution is 14.1. The molecule has 2 heteroatoms. The van der Waals surface area contributed by atoms with Gasteiger partial charge in [0.15, 0.2) is 0 Å². The van der Waals surface area contributed by atoms with E-state index in [1.807, 2.05) is 13.1 Å². The summed E-state index contributed by atoms with van der Waals surface area (Å²) < 4.78 is 1.26. The molecule has 0 saturated carbocycles. The zero-order valence-electron chi connectivity index (χ0n) is 6.42. The van der Waals surface area contributed by atoms with Gasteiger partial charge in [0.1, 0.15) is 0 Å². The van der Waals surface area contributed by atoms with E-state index in [0.717, 1.165) is 6.54 Å². The van der Waals surface area contributed by atoms with Gasteiger partial charge in [0.05, 0.1) is 0 Å². The molecule has 0 atom stereocenters. The highest BCUT2D eigenvalue weighted by atomic mass is 127. The predicted octanol–water partition coefficient (Wildman–Crippen LogP) is 2.73. The van der Waals surface area contributed by atoms with Gasteiger partial charge in [-0.3, -0.25) is 4.99 Å². The maximum Gasteiger partial charge on any atom is 0.0361 e. The first-order chi connectivity index (χ1) is 5.33. The van der Waals surface area contributed by atoms with Gasteiger partial charge in [-0.05, 0) is 47.2 Å². The van der Waals surface area contributed by atoms with Crippen LogP contribution in [-0.2, 0) is 0 Å². The highest BCUT2D eigenvalue weighted by Crippen LogP contribution is 2.04. The van der Waals surface area contributed by atoms with E-state index in [1.54, 1.807) is 0 Å². The molecule has 0 aromatic heterocycles. The largest absolute Gasteiger partial charge is 0.293 e. The molecule has 0 aliphatic rings. The molecule has 11 heavy (non-hydrogen) atoms. The molecule has 0 aliphatic heterocycles. The fourth-order valence-electron chi connectivity index (χ4n) is 0.746. The van der Waals surface area contributed by atoms with E-state index < -0.39 is 0 Å². The van der Waals surface area contributed by atoms with E-state index in [2.05, 4.69) is 51.8 Å². The number of aliphatic imine (C=N–C) groups is 1. The van der Waals surface area contributed by atoms with Gasteiger partial charge >= 0.3 is 0 Å². The van der Waals surface area contributed by atoms with Crippen LogP contribution >= 0.6 is 22.6 Å². The monoisotopic (exact) mass is 259 g/mol. The van der Waals surface area contributed by atoms with Crippen LogP contribution in [0, 0.1) is 3.57 Å². The van der Waals surface area contributed by atoms with E-state index in [1.165, 1.54) is 9.13 Å². The van der Waals surface area contributed by atoms with E-state index in [0.29, 0.717) is 0 Å². The Labute approximate surface area is 80.7 Å². The van der Waals surface area contributed by atoms with Crippen molar-refractivity contribution in [2.45, 2.75) is 6.92 Å². The lowest BCUT2D eigenvalue weighted by atomic mass is 10.2. The second-order valence-corrected chi connectivity index (χ2v) is 3.43. The van der Waals surface area contributed by atoms with Gasteiger partial charge in [0.25, 0.3) is 0 Å². The number of halogens is 1. The minimum Gasteiger partial charge on any atom is -0.293 e. The molecule has 1 aromatic carbocycles. The molecule has 0 bridgehead atoms. The Balaban J connectivity index is 2.73. The zero-order valence-corrected chi connectivity index (χ0v) is 8.58. The van der Waals surface area contributed by atoms with Gasteiger partial charge < -0.3 is 0 Å². The minimum absolute atomic E-state index is 0.853. The molecule has 1 nitrogen and oxygen atoms in total. The predicted molar refractivity (Wildman–Crippen MR) is 57.3 cm³/mol. The Morgan fingerprint density at radius 3 is 2.55 bits per heavy atom. The summed E-state index contributed by atoms with van der Waals surface area (Å²) in [5, 5.41) is 0. The Morgan fingerprint density at radius 1 is 1.36 bits per heavy atom. The molecule has 0 saturated heterocycles. The van der Waals surface area contributed by atoms with Crippen LogP contribution in [0.15, 0.2) is 29.3 Å². The summed E-state index contributed by atoms with van der Waals surface area (Å²) in [6, 6.07) is 8.30. The van der Waals surface area contributed by atoms with Gasteiger partial charge in [0.2, 0.25) is 0 Å². The van der Waals surface area contributed by atoms with Crippen LogP contribution in [0.5, 0.6) is 0 Å². The molecule has 1 aromatic rings. The topological polar surface area (TPSA) is 12.4 Å². The molecule has 0 heterocycles. The van der Waals surface area contributed by atoms with Crippen LogP contribution < -0.4 is 0 Å². The maximum absolute atomic E-state index is 4.14. The van der Waals surface area contributed by atoms with Gasteiger partial charge in [-0.2, -0.15) is 0 Å². The molecule has 0 spiro atoms. The third-order valence-corrected chi connectivity index (χ3v) is 2.01. The average molecular weight is 259 g/mol. The smallest absolute Gasteiger partial charge is 0.0361 e. The maximum atomic E-state index is 4.14. The standard InChI is InChI=1S/C9H10IN/c1-2-11-7-8-3-5-9(10)6-4-8/h3-7H,2H2,1H3/b11-7+. The quantitative estimate of drug-likeness (QED) is 0.572. The summed E-state index contributed by atoms with van der Waals surface area (Å²) in [4.78, 5) is 4.14. The van der Waals surface area contributed by atoms with Crippen molar-refractivity contribution in [3.05, 3.63) is 33.4 Å². The molecular formula is C9H10IN. The molecule has 58 valence electrons. The molecule has 0 radical (unpaired) electrons. The van der Waals surface area contributed by atoms with Crippen molar-refractivity contribution >= 4 is 28.8 Å². The van der Waals surface area contributed by atoms with Crippen molar-refractivity contribution in [2.75, 3.05) is 6.54 Å².